The predicted octanol–water partition coefficient (Wildman–Crippen LogP) is 4.01. The third-order valence-electron chi connectivity index (χ3n) is 3.25. The lowest BCUT2D eigenvalue weighted by atomic mass is 10.1. The van der Waals surface area contributed by atoms with Gasteiger partial charge in [-0.1, -0.05) is 18.2 Å². The molecule has 5 heteroatoms. The lowest BCUT2D eigenvalue weighted by molar-refractivity contribution is 0.141. The van der Waals surface area contributed by atoms with Crippen LogP contribution in [0.3, 0.4) is 0 Å². The Morgan fingerprint density at radius 2 is 1.90 bits per heavy atom. The summed E-state index contributed by atoms with van der Waals surface area (Å²) in [6.45, 7) is 8.26. The Morgan fingerprint density at radius 1 is 1.24 bits per heavy atom. The summed E-state index contributed by atoms with van der Waals surface area (Å²) < 4.78 is 28.3. The molecule has 3 nitrogen and oxygen atoms in total. The van der Waals surface area contributed by atoms with E-state index in [-0.39, 0.29) is 11.2 Å². The third-order valence-corrected chi connectivity index (χ3v) is 3.25. The zero-order valence-corrected chi connectivity index (χ0v) is 12.8. The lowest BCUT2D eigenvalue weighted by Gasteiger charge is -2.20. The molecule has 0 unspecified atom stereocenters. The predicted molar refractivity (Wildman–Crippen MR) is 79.9 cm³/mol. The van der Waals surface area contributed by atoms with Gasteiger partial charge in [0.25, 0.3) is 6.43 Å². The average molecular weight is 293 g/mol. The van der Waals surface area contributed by atoms with Crippen molar-refractivity contribution < 1.29 is 8.78 Å². The fourth-order valence-electron chi connectivity index (χ4n) is 2.11. The van der Waals surface area contributed by atoms with Gasteiger partial charge < -0.3 is 5.32 Å². The van der Waals surface area contributed by atoms with Crippen LogP contribution in [0.1, 0.15) is 44.0 Å². The minimum atomic E-state index is -2.57. The summed E-state index contributed by atoms with van der Waals surface area (Å²) in [7, 11) is 0. The molecule has 2 rings (SSSR count). The molecule has 0 amide bonds. The monoisotopic (exact) mass is 293 g/mol. The molecule has 0 aliphatic carbocycles. The molecule has 0 saturated carbocycles. The number of alkyl halides is 2. The molecule has 21 heavy (non-hydrogen) atoms. The normalized spacial score (nSPS) is 12.1. The van der Waals surface area contributed by atoms with Crippen LogP contribution in [-0.4, -0.2) is 15.3 Å². The number of benzene rings is 1. The molecule has 0 saturated heterocycles. The van der Waals surface area contributed by atoms with Gasteiger partial charge in [-0.3, -0.25) is 0 Å². The summed E-state index contributed by atoms with van der Waals surface area (Å²) in [6.07, 6.45) is -1.05. The Morgan fingerprint density at radius 3 is 2.48 bits per heavy atom. The number of nitrogens with one attached hydrogen (secondary N) is 1. The highest BCUT2D eigenvalue weighted by Gasteiger charge is 2.22. The molecule has 1 aromatic carbocycles. The number of aryl methyl sites for hydroxylation is 1. The van der Waals surface area contributed by atoms with E-state index in [1.165, 1.54) is 10.9 Å². The van der Waals surface area contributed by atoms with Crippen LogP contribution in [-0.2, 0) is 6.54 Å². The molecule has 0 radical (unpaired) electrons. The van der Waals surface area contributed by atoms with E-state index in [1.54, 1.807) is 6.07 Å². The lowest BCUT2D eigenvalue weighted by Crippen LogP contribution is -2.35. The average Bonchev–Trinajstić information content (AvgIpc) is 2.80. The van der Waals surface area contributed by atoms with Crippen LogP contribution in [0.2, 0.25) is 0 Å². The van der Waals surface area contributed by atoms with E-state index < -0.39 is 6.43 Å². The maximum absolute atomic E-state index is 13.5. The van der Waals surface area contributed by atoms with E-state index in [0.29, 0.717) is 17.8 Å². The number of hydrogen-bond acceptors (Lipinski definition) is 2. The largest absolute Gasteiger partial charge is 0.308 e. The van der Waals surface area contributed by atoms with Crippen LogP contribution < -0.4 is 5.32 Å². The maximum Gasteiger partial charge on any atom is 0.280 e. The van der Waals surface area contributed by atoms with E-state index in [4.69, 9.17) is 0 Å². The van der Waals surface area contributed by atoms with Crippen molar-refractivity contribution in [1.82, 2.24) is 15.1 Å². The summed E-state index contributed by atoms with van der Waals surface area (Å²) in [4.78, 5) is 0. The molecule has 1 aromatic heterocycles. The van der Waals surface area contributed by atoms with Crippen molar-refractivity contribution in [2.45, 2.75) is 46.2 Å². The van der Waals surface area contributed by atoms with Gasteiger partial charge in [0.15, 0.2) is 0 Å². The minimum Gasteiger partial charge on any atom is -0.308 e. The number of halogens is 2. The number of aromatic nitrogens is 2. The second kappa shape index (κ2) is 5.93. The van der Waals surface area contributed by atoms with Crippen molar-refractivity contribution >= 4 is 0 Å². The highest BCUT2D eigenvalue weighted by molar-refractivity contribution is 5.42. The van der Waals surface area contributed by atoms with Gasteiger partial charge in [-0.2, -0.15) is 5.10 Å². The second-order valence-corrected chi connectivity index (χ2v) is 6.16. The third kappa shape index (κ3) is 3.67. The standard InChI is InChI=1S/C16H21F2N3/c1-11-7-5-6-8-13(11)21-14(15(17)18)12(10-20-21)9-19-16(2,3)4/h5-8,10,15,19H,9H2,1-4H3. The van der Waals surface area contributed by atoms with Crippen LogP contribution in [0, 0.1) is 6.92 Å². The quantitative estimate of drug-likeness (QED) is 0.923. The number of rotatable bonds is 4. The molecular weight excluding hydrogens is 272 g/mol. The topological polar surface area (TPSA) is 29.9 Å². The van der Waals surface area contributed by atoms with E-state index in [9.17, 15) is 8.78 Å². The Kier molecular flexibility index (Phi) is 4.42. The van der Waals surface area contributed by atoms with Crippen molar-refractivity contribution in [1.29, 1.82) is 0 Å². The fourth-order valence-corrected chi connectivity index (χ4v) is 2.11. The molecule has 0 aliphatic rings. The van der Waals surface area contributed by atoms with E-state index in [1.807, 2.05) is 45.9 Å². The first kappa shape index (κ1) is 15.6. The Balaban J connectivity index is 2.40. The van der Waals surface area contributed by atoms with Gasteiger partial charge in [-0.25, -0.2) is 13.5 Å². The van der Waals surface area contributed by atoms with Crippen LogP contribution in [0.5, 0.6) is 0 Å². The molecule has 114 valence electrons. The Bertz CT molecular complexity index is 612. The zero-order chi connectivity index (χ0) is 15.6. The summed E-state index contributed by atoms with van der Waals surface area (Å²) in [5, 5.41) is 7.39. The fraction of sp³-hybridized carbons (Fsp3) is 0.438. The molecule has 0 bridgehead atoms. The minimum absolute atomic E-state index is 0.0407. The molecule has 0 aliphatic heterocycles. The van der Waals surface area contributed by atoms with Gasteiger partial charge in [0, 0.05) is 17.6 Å². The number of nitrogens with zero attached hydrogens (tertiary/aromatic N) is 2. The second-order valence-electron chi connectivity index (χ2n) is 6.16. The van der Waals surface area contributed by atoms with E-state index in [2.05, 4.69) is 10.4 Å². The highest BCUT2D eigenvalue weighted by Crippen LogP contribution is 2.27. The Labute approximate surface area is 124 Å². The zero-order valence-electron chi connectivity index (χ0n) is 12.8. The summed E-state index contributed by atoms with van der Waals surface area (Å²) >= 11 is 0. The van der Waals surface area contributed by atoms with Crippen molar-refractivity contribution in [2.24, 2.45) is 0 Å². The van der Waals surface area contributed by atoms with Gasteiger partial charge in [-0.05, 0) is 39.3 Å². The van der Waals surface area contributed by atoms with Crippen molar-refractivity contribution in [3.8, 4) is 5.69 Å². The van der Waals surface area contributed by atoms with Crippen molar-refractivity contribution in [2.75, 3.05) is 0 Å². The first-order valence-corrected chi connectivity index (χ1v) is 6.95. The number of para-hydroxylation sites is 1. The molecule has 1 N–H and O–H groups in total. The van der Waals surface area contributed by atoms with Crippen molar-refractivity contribution in [3.05, 3.63) is 47.3 Å². The van der Waals surface area contributed by atoms with Gasteiger partial charge in [0.05, 0.1) is 11.9 Å². The van der Waals surface area contributed by atoms with Crippen LogP contribution in [0.4, 0.5) is 8.78 Å². The van der Waals surface area contributed by atoms with Crippen LogP contribution >= 0.6 is 0 Å². The van der Waals surface area contributed by atoms with Gasteiger partial charge in [0.2, 0.25) is 0 Å². The van der Waals surface area contributed by atoms with Gasteiger partial charge in [0.1, 0.15) is 5.69 Å². The highest BCUT2D eigenvalue weighted by atomic mass is 19.3. The summed E-state index contributed by atoms with van der Waals surface area (Å²) in [5.41, 5.74) is 1.96. The SMILES string of the molecule is Cc1ccccc1-n1ncc(CNC(C)(C)C)c1C(F)F. The summed E-state index contributed by atoms with van der Waals surface area (Å²) in [5.74, 6) is 0. The first-order chi connectivity index (χ1) is 9.79. The van der Waals surface area contributed by atoms with Crippen LogP contribution in [0.25, 0.3) is 5.69 Å². The molecule has 0 fully saturated rings. The first-order valence-electron chi connectivity index (χ1n) is 6.95. The molecule has 1 heterocycles. The smallest absolute Gasteiger partial charge is 0.280 e. The van der Waals surface area contributed by atoms with E-state index in [0.717, 1.165) is 5.56 Å². The molecule has 0 atom stereocenters. The summed E-state index contributed by atoms with van der Waals surface area (Å²) in [6, 6.07) is 7.40. The van der Waals surface area contributed by atoms with Gasteiger partial charge in [-0.15, -0.1) is 0 Å². The maximum atomic E-state index is 13.5. The van der Waals surface area contributed by atoms with E-state index >= 15 is 0 Å². The van der Waals surface area contributed by atoms with Gasteiger partial charge >= 0.3 is 0 Å². The number of hydrogen-bond donors (Lipinski definition) is 1. The molecular formula is C16H21F2N3. The van der Waals surface area contributed by atoms with Crippen molar-refractivity contribution in [3.63, 3.8) is 0 Å². The van der Waals surface area contributed by atoms with Crippen LogP contribution in [0.15, 0.2) is 30.5 Å². The Hall–Kier alpha value is -1.75. The molecule has 2 aromatic rings. The molecule has 0 spiro atoms.